The summed E-state index contributed by atoms with van der Waals surface area (Å²) in [6.07, 6.45) is 0. The molecule has 19 heavy (non-hydrogen) atoms. The Morgan fingerprint density at radius 1 is 1.21 bits per heavy atom. The molecule has 0 saturated heterocycles. The molecule has 0 spiro atoms. The normalized spacial score (nSPS) is 13.3. The van der Waals surface area contributed by atoms with Crippen molar-refractivity contribution >= 4 is 11.9 Å². The number of hydrogen-bond donors (Lipinski definition) is 0. The summed E-state index contributed by atoms with van der Waals surface area (Å²) in [4.78, 5) is 25.5. The van der Waals surface area contributed by atoms with E-state index in [4.69, 9.17) is 14.2 Å². The van der Waals surface area contributed by atoms with E-state index in [-0.39, 0.29) is 11.5 Å². The second-order valence-electron chi connectivity index (χ2n) is 4.16. The Morgan fingerprint density at radius 3 is 2.37 bits per heavy atom. The van der Waals surface area contributed by atoms with Crippen molar-refractivity contribution in [2.24, 2.45) is 0 Å². The molecular weight excluding hydrogens is 250 g/mol. The van der Waals surface area contributed by atoms with E-state index in [2.05, 4.69) is 0 Å². The molecule has 1 heterocycles. The number of esters is 1. The van der Waals surface area contributed by atoms with Crippen LogP contribution >= 0.6 is 0 Å². The molecule has 0 N–H and O–H groups in total. The zero-order valence-corrected chi connectivity index (χ0v) is 11.3. The van der Waals surface area contributed by atoms with Gasteiger partial charge in [0, 0.05) is 25.2 Å². The van der Waals surface area contributed by atoms with Crippen LogP contribution in [0.3, 0.4) is 0 Å². The second-order valence-corrected chi connectivity index (χ2v) is 4.16. The third-order valence-electron chi connectivity index (χ3n) is 3.14. The smallest absolute Gasteiger partial charge is 0.342 e. The molecule has 1 aliphatic heterocycles. The number of ether oxygens (including phenoxy) is 3. The number of methoxy groups -OCH3 is 3. The highest BCUT2D eigenvalue weighted by molar-refractivity contribution is 6.06. The van der Waals surface area contributed by atoms with Crippen molar-refractivity contribution in [3.05, 3.63) is 22.8 Å². The third-order valence-corrected chi connectivity index (χ3v) is 3.14. The van der Waals surface area contributed by atoms with E-state index in [0.29, 0.717) is 29.2 Å². The van der Waals surface area contributed by atoms with Crippen molar-refractivity contribution in [2.45, 2.75) is 6.54 Å². The molecule has 0 fully saturated rings. The van der Waals surface area contributed by atoms with Gasteiger partial charge < -0.3 is 19.1 Å². The van der Waals surface area contributed by atoms with Gasteiger partial charge in [0.05, 0.1) is 26.9 Å². The first-order valence-electron chi connectivity index (χ1n) is 5.66. The van der Waals surface area contributed by atoms with Crippen LogP contribution in [-0.2, 0) is 11.3 Å². The van der Waals surface area contributed by atoms with E-state index < -0.39 is 5.97 Å². The minimum Gasteiger partial charge on any atom is -0.496 e. The van der Waals surface area contributed by atoms with E-state index in [9.17, 15) is 9.59 Å². The van der Waals surface area contributed by atoms with Crippen molar-refractivity contribution in [1.82, 2.24) is 4.90 Å². The molecule has 1 aromatic carbocycles. The van der Waals surface area contributed by atoms with Crippen LogP contribution in [0.1, 0.15) is 26.3 Å². The fourth-order valence-corrected chi connectivity index (χ4v) is 2.23. The molecule has 1 aromatic rings. The van der Waals surface area contributed by atoms with Crippen LogP contribution in [0.2, 0.25) is 0 Å². The largest absolute Gasteiger partial charge is 0.496 e. The maximum absolute atomic E-state index is 12.1. The first kappa shape index (κ1) is 13.2. The van der Waals surface area contributed by atoms with E-state index in [0.717, 1.165) is 0 Å². The van der Waals surface area contributed by atoms with E-state index in [1.54, 1.807) is 7.05 Å². The standard InChI is InChI=1S/C13H15NO5/c1-14-6-7-10(12(14)15)8(17-2)5-9(18-3)11(7)13(16)19-4/h5H,6H2,1-4H3. The summed E-state index contributed by atoms with van der Waals surface area (Å²) < 4.78 is 15.2. The fraction of sp³-hybridized carbons (Fsp3) is 0.385. The van der Waals surface area contributed by atoms with Gasteiger partial charge in [-0.3, -0.25) is 4.79 Å². The third kappa shape index (κ3) is 1.89. The van der Waals surface area contributed by atoms with Gasteiger partial charge >= 0.3 is 5.97 Å². The van der Waals surface area contributed by atoms with Crippen LogP contribution in [0, 0.1) is 0 Å². The zero-order chi connectivity index (χ0) is 14.2. The number of carbonyl (C=O) groups is 2. The molecule has 0 atom stereocenters. The van der Waals surface area contributed by atoms with Crippen LogP contribution in [0.25, 0.3) is 0 Å². The van der Waals surface area contributed by atoms with Crippen molar-refractivity contribution in [3.63, 3.8) is 0 Å². The summed E-state index contributed by atoms with van der Waals surface area (Å²) in [7, 11) is 5.88. The maximum atomic E-state index is 12.1. The lowest BCUT2D eigenvalue weighted by Crippen LogP contribution is -2.17. The van der Waals surface area contributed by atoms with Gasteiger partial charge in [-0.2, -0.15) is 0 Å². The Balaban J connectivity index is 2.75. The summed E-state index contributed by atoms with van der Waals surface area (Å²) in [6.45, 7) is 0.326. The predicted molar refractivity (Wildman–Crippen MR) is 66.7 cm³/mol. The lowest BCUT2D eigenvalue weighted by molar-refractivity contribution is 0.0594. The Labute approximate surface area is 110 Å². The monoisotopic (exact) mass is 265 g/mol. The van der Waals surface area contributed by atoms with Crippen LogP contribution in [0.15, 0.2) is 6.07 Å². The molecule has 6 heteroatoms. The van der Waals surface area contributed by atoms with Crippen LogP contribution < -0.4 is 9.47 Å². The highest BCUT2D eigenvalue weighted by Gasteiger charge is 2.35. The molecule has 0 unspecified atom stereocenters. The Morgan fingerprint density at radius 2 is 1.84 bits per heavy atom. The second kappa shape index (κ2) is 4.79. The highest BCUT2D eigenvalue weighted by Crippen LogP contribution is 2.38. The molecule has 0 aromatic heterocycles. The molecule has 0 radical (unpaired) electrons. The molecule has 0 saturated carbocycles. The average Bonchev–Trinajstić information content (AvgIpc) is 2.72. The summed E-state index contributed by atoms with van der Waals surface area (Å²) >= 11 is 0. The lowest BCUT2D eigenvalue weighted by atomic mass is 10.0. The molecule has 0 bridgehead atoms. The van der Waals surface area contributed by atoms with E-state index in [1.165, 1.54) is 32.3 Å². The molecule has 102 valence electrons. The Bertz CT molecular complexity index is 552. The minimum atomic E-state index is -0.529. The van der Waals surface area contributed by atoms with Crippen LogP contribution in [-0.4, -0.2) is 45.2 Å². The summed E-state index contributed by atoms with van der Waals surface area (Å²) in [6, 6.07) is 1.53. The van der Waals surface area contributed by atoms with Gasteiger partial charge in [-0.1, -0.05) is 0 Å². The predicted octanol–water partition coefficient (Wildman–Crippen LogP) is 1.08. The van der Waals surface area contributed by atoms with Gasteiger partial charge in [0.25, 0.3) is 5.91 Å². The van der Waals surface area contributed by atoms with E-state index in [1.807, 2.05) is 0 Å². The number of fused-ring (bicyclic) bond motifs is 1. The molecule has 0 aliphatic carbocycles. The van der Waals surface area contributed by atoms with Gasteiger partial charge in [0.1, 0.15) is 17.1 Å². The number of hydrogen-bond acceptors (Lipinski definition) is 5. The SMILES string of the molecule is COC(=O)c1c(OC)cc(OC)c2c1CN(C)C2=O. The average molecular weight is 265 g/mol. The molecule has 1 amide bonds. The summed E-state index contributed by atoms with van der Waals surface area (Å²) in [5, 5.41) is 0. The van der Waals surface area contributed by atoms with Gasteiger partial charge in [0.2, 0.25) is 0 Å². The molecule has 1 aliphatic rings. The summed E-state index contributed by atoms with van der Waals surface area (Å²) in [5.74, 6) is 0.0258. The molecule has 2 rings (SSSR count). The van der Waals surface area contributed by atoms with E-state index >= 15 is 0 Å². The lowest BCUT2D eigenvalue weighted by Gasteiger charge is -2.13. The van der Waals surface area contributed by atoms with Crippen molar-refractivity contribution < 1.29 is 23.8 Å². The minimum absolute atomic E-state index is 0.181. The molecular formula is C13H15NO5. The first-order chi connectivity index (χ1) is 9.04. The number of benzene rings is 1. The number of amides is 1. The fourth-order valence-electron chi connectivity index (χ4n) is 2.23. The Hall–Kier alpha value is -2.24. The summed E-state index contributed by atoms with van der Waals surface area (Å²) in [5.41, 5.74) is 1.25. The van der Waals surface area contributed by atoms with Crippen molar-refractivity contribution in [1.29, 1.82) is 0 Å². The zero-order valence-electron chi connectivity index (χ0n) is 11.3. The van der Waals surface area contributed by atoms with Crippen molar-refractivity contribution in [2.75, 3.05) is 28.4 Å². The number of nitrogens with zero attached hydrogens (tertiary/aromatic N) is 1. The highest BCUT2D eigenvalue weighted by atomic mass is 16.5. The maximum Gasteiger partial charge on any atom is 0.342 e. The number of rotatable bonds is 3. The van der Waals surface area contributed by atoms with Crippen LogP contribution in [0.4, 0.5) is 0 Å². The quantitative estimate of drug-likeness (QED) is 0.765. The van der Waals surface area contributed by atoms with Gasteiger partial charge in [0.15, 0.2) is 0 Å². The van der Waals surface area contributed by atoms with Gasteiger partial charge in [-0.25, -0.2) is 4.79 Å². The van der Waals surface area contributed by atoms with Crippen molar-refractivity contribution in [3.8, 4) is 11.5 Å². The molecule has 6 nitrogen and oxygen atoms in total. The Kier molecular flexibility index (Phi) is 3.33. The van der Waals surface area contributed by atoms with Gasteiger partial charge in [-0.15, -0.1) is 0 Å². The van der Waals surface area contributed by atoms with Gasteiger partial charge in [-0.05, 0) is 0 Å². The number of carbonyl (C=O) groups excluding carboxylic acids is 2. The topological polar surface area (TPSA) is 65.1 Å². The van der Waals surface area contributed by atoms with Crippen LogP contribution in [0.5, 0.6) is 11.5 Å². The first-order valence-corrected chi connectivity index (χ1v) is 5.66.